The highest BCUT2D eigenvalue weighted by Crippen LogP contribution is 2.03. The number of hydrogen-bond donors (Lipinski definition) is 4. The SMILES string of the molecule is CC/C=C\C[C@@H](O)/C=C/C=C\C=C\C=C\[C@@H](O)[C@H](O)C/C=C\CCC(=O)O. The average Bonchev–Trinajstić information content (AvgIpc) is 2.63. The minimum absolute atomic E-state index is 0.0530. The van der Waals surface area contributed by atoms with Gasteiger partial charge in [0.25, 0.3) is 0 Å². The number of carbonyl (C=O) groups is 1. The van der Waals surface area contributed by atoms with E-state index in [0.29, 0.717) is 12.8 Å². The fourth-order valence-electron chi connectivity index (χ4n) is 1.94. The van der Waals surface area contributed by atoms with Gasteiger partial charge in [-0.25, -0.2) is 0 Å². The fourth-order valence-corrected chi connectivity index (χ4v) is 1.94. The maximum absolute atomic E-state index is 10.4. The van der Waals surface area contributed by atoms with Gasteiger partial charge in [0.05, 0.1) is 18.3 Å². The van der Waals surface area contributed by atoms with Gasteiger partial charge in [-0.3, -0.25) is 4.79 Å². The third kappa shape index (κ3) is 17.0. The Hall–Kier alpha value is -2.21. The van der Waals surface area contributed by atoms with Crippen LogP contribution in [0.3, 0.4) is 0 Å². The van der Waals surface area contributed by atoms with Crippen LogP contribution in [0.5, 0.6) is 0 Å². The normalized spacial score (nSPS) is 16.6. The molecule has 0 heterocycles. The van der Waals surface area contributed by atoms with Crippen molar-refractivity contribution in [2.24, 2.45) is 0 Å². The predicted octanol–water partition coefficient (Wildman–Crippen LogP) is 3.46. The van der Waals surface area contributed by atoms with Crippen molar-refractivity contribution in [3.8, 4) is 0 Å². The number of carboxylic acid groups (broad SMARTS) is 1. The van der Waals surface area contributed by atoms with Crippen molar-refractivity contribution in [3.05, 3.63) is 72.9 Å². The van der Waals surface area contributed by atoms with E-state index in [1.54, 1.807) is 54.7 Å². The minimum atomic E-state index is -0.992. The first-order valence-corrected chi connectivity index (χ1v) is 9.21. The summed E-state index contributed by atoms with van der Waals surface area (Å²) in [5.41, 5.74) is 0. The molecule has 0 amide bonds. The van der Waals surface area contributed by atoms with E-state index in [1.807, 2.05) is 19.1 Å². The zero-order valence-corrected chi connectivity index (χ0v) is 15.9. The molecule has 150 valence electrons. The summed E-state index contributed by atoms with van der Waals surface area (Å²) < 4.78 is 0. The molecule has 0 aromatic heterocycles. The van der Waals surface area contributed by atoms with Gasteiger partial charge < -0.3 is 20.4 Å². The van der Waals surface area contributed by atoms with Crippen molar-refractivity contribution in [3.63, 3.8) is 0 Å². The molecule has 0 aliphatic heterocycles. The van der Waals surface area contributed by atoms with Crippen LogP contribution >= 0.6 is 0 Å². The summed E-state index contributed by atoms with van der Waals surface area (Å²) in [7, 11) is 0. The van der Waals surface area contributed by atoms with E-state index in [4.69, 9.17) is 5.11 Å². The largest absolute Gasteiger partial charge is 0.481 e. The van der Waals surface area contributed by atoms with E-state index >= 15 is 0 Å². The maximum Gasteiger partial charge on any atom is 0.303 e. The van der Waals surface area contributed by atoms with Gasteiger partial charge in [-0.2, -0.15) is 0 Å². The molecule has 0 aromatic rings. The molecule has 0 aliphatic rings. The lowest BCUT2D eigenvalue weighted by atomic mass is 10.1. The number of aliphatic hydroxyl groups excluding tert-OH is 3. The van der Waals surface area contributed by atoms with Crippen LogP contribution in [0.1, 0.15) is 39.0 Å². The van der Waals surface area contributed by atoms with E-state index in [0.717, 1.165) is 6.42 Å². The Morgan fingerprint density at radius 2 is 1.41 bits per heavy atom. The van der Waals surface area contributed by atoms with Gasteiger partial charge in [0.1, 0.15) is 0 Å². The molecule has 0 aromatic carbocycles. The molecule has 5 heteroatoms. The second-order valence-electron chi connectivity index (χ2n) is 5.92. The number of aliphatic hydroxyl groups is 3. The molecule has 0 spiro atoms. The van der Waals surface area contributed by atoms with E-state index in [-0.39, 0.29) is 12.8 Å². The first-order chi connectivity index (χ1) is 13.0. The smallest absolute Gasteiger partial charge is 0.303 e. The number of rotatable bonds is 14. The summed E-state index contributed by atoms with van der Waals surface area (Å²) in [6, 6.07) is 0. The number of carboxylic acids is 1. The van der Waals surface area contributed by atoms with Crippen molar-refractivity contribution in [1.29, 1.82) is 0 Å². The second-order valence-corrected chi connectivity index (χ2v) is 5.92. The zero-order chi connectivity index (χ0) is 20.3. The molecular formula is C22H32O5. The first-order valence-electron chi connectivity index (χ1n) is 9.21. The molecule has 0 aliphatic carbocycles. The van der Waals surface area contributed by atoms with E-state index in [9.17, 15) is 20.1 Å². The topological polar surface area (TPSA) is 98.0 Å². The van der Waals surface area contributed by atoms with Crippen molar-refractivity contribution < 1.29 is 25.2 Å². The fraction of sp³-hybridized carbons (Fsp3) is 0.409. The molecule has 0 rings (SSSR count). The summed E-state index contributed by atoms with van der Waals surface area (Å²) in [5, 5.41) is 37.7. The Balaban J connectivity index is 4.06. The highest BCUT2D eigenvalue weighted by atomic mass is 16.4. The first kappa shape index (κ1) is 24.8. The average molecular weight is 376 g/mol. The molecule has 0 bridgehead atoms. The Labute approximate surface area is 162 Å². The zero-order valence-electron chi connectivity index (χ0n) is 15.9. The highest BCUT2D eigenvalue weighted by molar-refractivity contribution is 5.66. The van der Waals surface area contributed by atoms with Gasteiger partial charge in [0, 0.05) is 6.42 Å². The van der Waals surface area contributed by atoms with Crippen LogP contribution in [0.25, 0.3) is 0 Å². The van der Waals surface area contributed by atoms with Crippen LogP contribution < -0.4 is 0 Å². The number of allylic oxidation sites excluding steroid dienone is 8. The minimum Gasteiger partial charge on any atom is -0.481 e. The number of aliphatic carboxylic acids is 1. The maximum atomic E-state index is 10.4. The molecule has 0 unspecified atom stereocenters. The van der Waals surface area contributed by atoms with Crippen molar-refractivity contribution >= 4 is 5.97 Å². The summed E-state index contributed by atoms with van der Waals surface area (Å²) in [4.78, 5) is 10.4. The molecule has 0 saturated carbocycles. The van der Waals surface area contributed by atoms with Gasteiger partial charge >= 0.3 is 5.97 Å². The quantitative estimate of drug-likeness (QED) is 0.275. The molecular weight excluding hydrogens is 344 g/mol. The van der Waals surface area contributed by atoms with Crippen molar-refractivity contribution in [1.82, 2.24) is 0 Å². The van der Waals surface area contributed by atoms with Gasteiger partial charge in [-0.05, 0) is 25.7 Å². The van der Waals surface area contributed by atoms with E-state index in [2.05, 4.69) is 0 Å². The monoisotopic (exact) mass is 376 g/mol. The lowest BCUT2D eigenvalue weighted by Gasteiger charge is -2.11. The Bertz CT molecular complexity index is 555. The molecule has 0 fully saturated rings. The molecule has 27 heavy (non-hydrogen) atoms. The second kappa shape index (κ2) is 17.2. The van der Waals surface area contributed by atoms with Crippen LogP contribution in [0.15, 0.2) is 72.9 Å². The van der Waals surface area contributed by atoms with Gasteiger partial charge in [-0.1, -0.05) is 79.8 Å². The Kier molecular flexibility index (Phi) is 15.8. The van der Waals surface area contributed by atoms with E-state index in [1.165, 1.54) is 6.08 Å². The van der Waals surface area contributed by atoms with Crippen molar-refractivity contribution in [2.75, 3.05) is 0 Å². The van der Waals surface area contributed by atoms with Crippen LogP contribution in [-0.4, -0.2) is 44.7 Å². The molecule has 3 atom stereocenters. The van der Waals surface area contributed by atoms with Crippen molar-refractivity contribution in [2.45, 2.75) is 57.3 Å². The van der Waals surface area contributed by atoms with Crippen LogP contribution in [0, 0.1) is 0 Å². The van der Waals surface area contributed by atoms with Gasteiger partial charge in [-0.15, -0.1) is 0 Å². The summed E-state index contributed by atoms with van der Waals surface area (Å²) >= 11 is 0. The molecule has 0 radical (unpaired) electrons. The van der Waals surface area contributed by atoms with Crippen LogP contribution in [0.4, 0.5) is 0 Å². The lowest BCUT2D eigenvalue weighted by Crippen LogP contribution is -2.22. The third-order valence-electron chi connectivity index (χ3n) is 3.44. The third-order valence-corrected chi connectivity index (χ3v) is 3.44. The van der Waals surface area contributed by atoms with E-state index < -0.39 is 24.3 Å². The Morgan fingerprint density at radius 3 is 2.04 bits per heavy atom. The summed E-state index contributed by atoms with van der Waals surface area (Å²) in [6.07, 6.45) is 20.9. The van der Waals surface area contributed by atoms with Crippen LogP contribution in [0.2, 0.25) is 0 Å². The van der Waals surface area contributed by atoms with Crippen LogP contribution in [-0.2, 0) is 4.79 Å². The predicted molar refractivity (Wildman–Crippen MR) is 109 cm³/mol. The van der Waals surface area contributed by atoms with Gasteiger partial charge in [0.15, 0.2) is 0 Å². The summed E-state index contributed by atoms with van der Waals surface area (Å²) in [6.45, 7) is 2.05. The standard InChI is InChI=1S/C22H32O5/c1-2-3-9-14-19(23)15-10-6-4-5-7-11-16-20(24)21(25)17-12-8-13-18-22(26)27/h3-12,15-16,19-21,23-25H,2,13-14,17-18H2,1H3,(H,26,27)/b6-4-,7-5+,9-3-,12-8-,15-10+,16-11+/t19-,20-,21-/m1/s1. The molecule has 0 saturated heterocycles. The lowest BCUT2D eigenvalue weighted by molar-refractivity contribution is -0.136. The summed E-state index contributed by atoms with van der Waals surface area (Å²) in [5.74, 6) is -0.861. The number of hydrogen-bond acceptors (Lipinski definition) is 4. The van der Waals surface area contributed by atoms with Gasteiger partial charge in [0.2, 0.25) is 0 Å². The highest BCUT2D eigenvalue weighted by Gasteiger charge is 2.10. The molecule has 5 nitrogen and oxygen atoms in total. The Morgan fingerprint density at radius 1 is 0.815 bits per heavy atom. The molecule has 4 N–H and O–H groups in total.